The Balaban J connectivity index is 3.65. The number of nitrogens with two attached hydrogens (primary N) is 2. The van der Waals surface area contributed by atoms with Gasteiger partial charge in [0.1, 0.15) is 0 Å². The van der Waals surface area contributed by atoms with Crippen LogP contribution >= 0.6 is 0 Å². The van der Waals surface area contributed by atoms with E-state index in [1.807, 2.05) is 6.92 Å². The van der Waals surface area contributed by atoms with Crippen LogP contribution in [0.5, 0.6) is 0 Å². The summed E-state index contributed by atoms with van der Waals surface area (Å²) in [5.41, 5.74) is 7.71. The normalized spacial score (nSPS) is 14.9. The zero-order valence-electron chi connectivity index (χ0n) is 8.17. The Bertz CT molecular complexity index is 142. The van der Waals surface area contributed by atoms with Gasteiger partial charge < -0.3 is 5.73 Å². The number of nitrogens with zero attached hydrogens (tertiary/aromatic N) is 1. The molecule has 1 unspecified atom stereocenters. The summed E-state index contributed by atoms with van der Waals surface area (Å²) in [7, 11) is 0. The molecule has 0 amide bonds. The van der Waals surface area contributed by atoms with Crippen LogP contribution in [0, 0.1) is 5.92 Å². The second kappa shape index (κ2) is 5.83. The molecular formula is C8H20N4. The number of hydrogen-bond acceptors (Lipinski definition) is 2. The van der Waals surface area contributed by atoms with Crippen molar-refractivity contribution >= 4 is 5.96 Å². The van der Waals surface area contributed by atoms with Crippen molar-refractivity contribution in [1.82, 2.24) is 5.43 Å². The average molecular weight is 172 g/mol. The fourth-order valence-corrected chi connectivity index (χ4v) is 0.914. The van der Waals surface area contributed by atoms with Gasteiger partial charge in [0.2, 0.25) is 5.96 Å². The lowest BCUT2D eigenvalue weighted by Crippen LogP contribution is -2.37. The lowest BCUT2D eigenvalue weighted by Gasteiger charge is -2.09. The van der Waals surface area contributed by atoms with E-state index in [-0.39, 0.29) is 6.04 Å². The first-order valence-corrected chi connectivity index (χ1v) is 4.36. The maximum atomic E-state index is 5.39. The molecule has 0 aromatic rings. The molecule has 0 saturated heterocycles. The highest BCUT2D eigenvalue weighted by atomic mass is 15.3. The average Bonchev–Trinajstić information content (AvgIpc) is 2.00. The number of rotatable bonds is 4. The molecule has 4 nitrogen and oxygen atoms in total. The molecule has 0 aromatic carbocycles. The van der Waals surface area contributed by atoms with E-state index in [1.165, 1.54) is 6.42 Å². The van der Waals surface area contributed by atoms with Crippen LogP contribution in [0.15, 0.2) is 4.99 Å². The standard InChI is InChI=1S/C8H20N4/c1-6(2)4-5-7(3)11-8(9)12-10/h6-7H,4-5,10H2,1-3H3,(H3,9,11,12). The number of guanidine groups is 1. The van der Waals surface area contributed by atoms with Gasteiger partial charge in [-0.15, -0.1) is 0 Å². The molecular weight excluding hydrogens is 152 g/mol. The van der Waals surface area contributed by atoms with Crippen molar-refractivity contribution in [2.24, 2.45) is 22.5 Å². The van der Waals surface area contributed by atoms with Gasteiger partial charge in [0, 0.05) is 0 Å². The fourth-order valence-electron chi connectivity index (χ4n) is 0.914. The highest BCUT2D eigenvalue weighted by molar-refractivity contribution is 5.77. The maximum Gasteiger partial charge on any atom is 0.203 e. The van der Waals surface area contributed by atoms with Crippen LogP contribution in [0.1, 0.15) is 33.6 Å². The fraction of sp³-hybridized carbons (Fsp3) is 0.875. The molecule has 0 aliphatic rings. The van der Waals surface area contributed by atoms with Gasteiger partial charge in [0.25, 0.3) is 0 Å². The Morgan fingerprint density at radius 1 is 1.33 bits per heavy atom. The van der Waals surface area contributed by atoms with Gasteiger partial charge in [0.15, 0.2) is 0 Å². The zero-order chi connectivity index (χ0) is 9.56. The van der Waals surface area contributed by atoms with Gasteiger partial charge >= 0.3 is 0 Å². The van der Waals surface area contributed by atoms with Gasteiger partial charge in [-0.2, -0.15) is 0 Å². The van der Waals surface area contributed by atoms with E-state index in [4.69, 9.17) is 11.6 Å². The summed E-state index contributed by atoms with van der Waals surface area (Å²) in [6.07, 6.45) is 2.22. The SMILES string of the molecule is CC(C)CCC(C)N=C(N)NN. The third kappa shape index (κ3) is 5.97. The van der Waals surface area contributed by atoms with Gasteiger partial charge in [-0.1, -0.05) is 13.8 Å². The lowest BCUT2D eigenvalue weighted by molar-refractivity contribution is 0.514. The van der Waals surface area contributed by atoms with Crippen LogP contribution in [0.25, 0.3) is 0 Å². The van der Waals surface area contributed by atoms with Crippen molar-refractivity contribution in [1.29, 1.82) is 0 Å². The minimum absolute atomic E-state index is 0.253. The second-order valence-corrected chi connectivity index (χ2v) is 3.48. The quantitative estimate of drug-likeness (QED) is 0.251. The Morgan fingerprint density at radius 2 is 1.92 bits per heavy atom. The summed E-state index contributed by atoms with van der Waals surface area (Å²) < 4.78 is 0. The Morgan fingerprint density at radius 3 is 2.33 bits per heavy atom. The second-order valence-electron chi connectivity index (χ2n) is 3.48. The van der Waals surface area contributed by atoms with Gasteiger partial charge in [-0.05, 0) is 25.7 Å². The summed E-state index contributed by atoms with van der Waals surface area (Å²) in [5, 5.41) is 0. The molecule has 0 saturated carbocycles. The Hall–Kier alpha value is -0.770. The van der Waals surface area contributed by atoms with Crippen molar-refractivity contribution in [3.8, 4) is 0 Å². The summed E-state index contributed by atoms with van der Waals surface area (Å²) in [5.74, 6) is 6.10. The highest BCUT2D eigenvalue weighted by Gasteiger charge is 2.01. The maximum absolute atomic E-state index is 5.39. The molecule has 4 heteroatoms. The predicted molar refractivity (Wildman–Crippen MR) is 52.5 cm³/mol. The molecule has 0 aliphatic carbocycles. The summed E-state index contributed by atoms with van der Waals surface area (Å²) in [6.45, 7) is 6.43. The van der Waals surface area contributed by atoms with Crippen molar-refractivity contribution < 1.29 is 0 Å². The first kappa shape index (κ1) is 11.2. The van der Waals surface area contributed by atoms with Crippen molar-refractivity contribution in [3.63, 3.8) is 0 Å². The molecule has 5 N–H and O–H groups in total. The van der Waals surface area contributed by atoms with E-state index in [0.29, 0.717) is 5.96 Å². The largest absolute Gasteiger partial charge is 0.369 e. The minimum atomic E-state index is 0.253. The van der Waals surface area contributed by atoms with Gasteiger partial charge in [0.05, 0.1) is 6.04 Å². The van der Waals surface area contributed by atoms with Crippen LogP contribution in [-0.4, -0.2) is 12.0 Å². The topological polar surface area (TPSA) is 76.4 Å². The number of hydrazine groups is 1. The van der Waals surface area contributed by atoms with E-state index >= 15 is 0 Å². The predicted octanol–water partition coefficient (Wildman–Crippen LogP) is 0.589. The van der Waals surface area contributed by atoms with Crippen molar-refractivity contribution in [3.05, 3.63) is 0 Å². The molecule has 0 fully saturated rings. The molecule has 0 radical (unpaired) electrons. The van der Waals surface area contributed by atoms with Crippen molar-refractivity contribution in [2.45, 2.75) is 39.7 Å². The first-order chi connectivity index (χ1) is 5.56. The third-order valence-corrected chi connectivity index (χ3v) is 1.67. The number of aliphatic imine (C=N–C) groups is 1. The lowest BCUT2D eigenvalue weighted by atomic mass is 10.1. The molecule has 12 heavy (non-hydrogen) atoms. The van der Waals surface area contributed by atoms with Crippen LogP contribution in [-0.2, 0) is 0 Å². The summed E-state index contributed by atoms with van der Waals surface area (Å²) in [6, 6.07) is 0.253. The van der Waals surface area contributed by atoms with Crippen LogP contribution in [0.4, 0.5) is 0 Å². The van der Waals surface area contributed by atoms with Gasteiger partial charge in [-0.3, -0.25) is 5.43 Å². The van der Waals surface area contributed by atoms with E-state index in [9.17, 15) is 0 Å². The Labute approximate surface area is 74.4 Å². The van der Waals surface area contributed by atoms with E-state index in [0.717, 1.165) is 12.3 Å². The summed E-state index contributed by atoms with van der Waals surface area (Å²) in [4.78, 5) is 4.13. The molecule has 1 atom stereocenters. The van der Waals surface area contributed by atoms with Crippen LogP contribution in [0.2, 0.25) is 0 Å². The molecule has 0 spiro atoms. The third-order valence-electron chi connectivity index (χ3n) is 1.67. The van der Waals surface area contributed by atoms with E-state index < -0.39 is 0 Å². The van der Waals surface area contributed by atoms with Crippen LogP contribution < -0.4 is 17.0 Å². The molecule has 0 aliphatic heterocycles. The molecule has 0 aromatic heterocycles. The minimum Gasteiger partial charge on any atom is -0.369 e. The van der Waals surface area contributed by atoms with E-state index in [2.05, 4.69) is 24.3 Å². The van der Waals surface area contributed by atoms with Gasteiger partial charge in [-0.25, -0.2) is 10.8 Å². The van der Waals surface area contributed by atoms with Crippen LogP contribution in [0.3, 0.4) is 0 Å². The first-order valence-electron chi connectivity index (χ1n) is 4.36. The molecule has 0 bridgehead atoms. The highest BCUT2D eigenvalue weighted by Crippen LogP contribution is 2.08. The number of hydrogen-bond donors (Lipinski definition) is 3. The molecule has 0 heterocycles. The molecule has 0 rings (SSSR count). The molecule has 72 valence electrons. The zero-order valence-corrected chi connectivity index (χ0v) is 8.17. The van der Waals surface area contributed by atoms with E-state index in [1.54, 1.807) is 0 Å². The van der Waals surface area contributed by atoms with Crippen molar-refractivity contribution in [2.75, 3.05) is 0 Å². The monoisotopic (exact) mass is 172 g/mol. The number of nitrogens with one attached hydrogen (secondary N) is 1. The summed E-state index contributed by atoms with van der Waals surface area (Å²) >= 11 is 0. The smallest absolute Gasteiger partial charge is 0.203 e. The Kier molecular flexibility index (Phi) is 5.45.